The Balaban J connectivity index is 1.20. The second kappa shape index (κ2) is 18.5. The number of phosphoric ester groups is 1. The van der Waals surface area contributed by atoms with Gasteiger partial charge in [-0.15, -0.1) is 0 Å². The van der Waals surface area contributed by atoms with Crippen molar-refractivity contribution >= 4 is 21.2 Å². The third-order valence-corrected chi connectivity index (χ3v) is 11.9. The van der Waals surface area contributed by atoms with E-state index in [1.807, 2.05) is 4.98 Å². The van der Waals surface area contributed by atoms with E-state index in [0.29, 0.717) is 0 Å². The Morgan fingerprint density at radius 1 is 0.717 bits per heavy atom. The molecule has 6 heterocycles. The van der Waals surface area contributed by atoms with Crippen molar-refractivity contribution in [2.75, 3.05) is 53.5 Å². The molecule has 7 N–H and O–H groups in total. The van der Waals surface area contributed by atoms with Gasteiger partial charge in [-0.2, -0.15) is 4.98 Å². The van der Waals surface area contributed by atoms with Gasteiger partial charge in [0.15, 0.2) is 18.7 Å². The Labute approximate surface area is 336 Å². The van der Waals surface area contributed by atoms with Crippen LogP contribution in [0.2, 0.25) is 0 Å². The Kier molecular flexibility index (Phi) is 14.1. The lowest BCUT2D eigenvalue weighted by Crippen LogP contribution is -2.40. The standard InChI is InChI=1S/C31H43N7O20P2/c1-49-23-20(42)15(55-26(23)36-8-5-17(32)33-29(36)43)12-52-59(4,46)57-22-16(56-28(25(22)51-3)38-10-7-19(41)35-31(38)45)13-53-60(47,48)58-21-14(11-39)54-27(24(21)50-2)37-9-6-18(40)34-30(37)44/h5-10,14-16,20-28,39,42H,11-13H2,1-4H3,(H,47,48)(H2,32,33,43)(H,34,40,44)(H,35,41,45)/t14-,15-,16-,20-,21-,22-,23-,24-,25-,26-,27-,28-,59?/m1/s1. The fraction of sp³-hybridized carbons (Fsp3) is 0.613. The number of nitrogens with one attached hydrogen (secondary N) is 2. The highest BCUT2D eigenvalue weighted by Gasteiger charge is 2.53. The molecule has 0 aliphatic carbocycles. The van der Waals surface area contributed by atoms with Crippen LogP contribution in [0.4, 0.5) is 5.82 Å². The number of aromatic nitrogens is 6. The zero-order valence-corrected chi connectivity index (χ0v) is 33.8. The first-order valence-electron chi connectivity index (χ1n) is 17.8. The zero-order chi connectivity index (χ0) is 43.7. The summed E-state index contributed by atoms with van der Waals surface area (Å²) in [5.41, 5.74) is 1.46. The van der Waals surface area contributed by atoms with Gasteiger partial charge in [0, 0.05) is 58.7 Å². The van der Waals surface area contributed by atoms with E-state index in [-0.39, 0.29) is 5.82 Å². The lowest BCUT2D eigenvalue weighted by atomic mass is 10.1. The Bertz CT molecular complexity index is 2390. The van der Waals surface area contributed by atoms with E-state index in [4.69, 9.17) is 52.2 Å². The normalized spacial score (nSPS) is 32.5. The summed E-state index contributed by atoms with van der Waals surface area (Å²) >= 11 is 0. The van der Waals surface area contributed by atoms with Crippen molar-refractivity contribution in [2.24, 2.45) is 0 Å². The molecule has 3 aromatic rings. The van der Waals surface area contributed by atoms with Gasteiger partial charge in [-0.1, -0.05) is 0 Å². The Morgan fingerprint density at radius 2 is 1.20 bits per heavy atom. The highest BCUT2D eigenvalue weighted by Crippen LogP contribution is 2.52. The molecule has 6 rings (SSSR count). The largest absolute Gasteiger partial charge is 0.472 e. The number of methoxy groups -OCH3 is 3. The molecule has 332 valence electrons. The summed E-state index contributed by atoms with van der Waals surface area (Å²) < 4.78 is 86.5. The average molecular weight is 896 g/mol. The first kappa shape index (κ1) is 45.5. The summed E-state index contributed by atoms with van der Waals surface area (Å²) in [4.78, 5) is 80.0. The first-order valence-corrected chi connectivity index (χ1v) is 21.3. The quantitative estimate of drug-likeness (QED) is 0.0725. The van der Waals surface area contributed by atoms with Gasteiger partial charge in [0.1, 0.15) is 60.8 Å². The van der Waals surface area contributed by atoms with Crippen molar-refractivity contribution < 1.29 is 70.8 Å². The van der Waals surface area contributed by atoms with Gasteiger partial charge < -0.3 is 53.8 Å². The number of nitrogens with zero attached hydrogens (tertiary/aromatic N) is 4. The molecule has 3 aromatic heterocycles. The monoisotopic (exact) mass is 895 g/mol. The summed E-state index contributed by atoms with van der Waals surface area (Å²) in [6, 6.07) is 3.35. The van der Waals surface area contributed by atoms with Crippen LogP contribution in [0.15, 0.2) is 60.8 Å². The highest BCUT2D eigenvalue weighted by atomic mass is 31.2. The van der Waals surface area contributed by atoms with Crippen LogP contribution in [0.1, 0.15) is 18.7 Å². The first-order chi connectivity index (χ1) is 28.4. The molecule has 3 saturated heterocycles. The maximum Gasteiger partial charge on any atom is 0.472 e. The molecule has 2 unspecified atom stereocenters. The number of rotatable bonds is 17. The van der Waals surface area contributed by atoms with E-state index < -0.39 is 137 Å². The molecular formula is C31H43N7O20P2. The number of H-pyrrole nitrogens is 2. The number of anilines is 1. The molecule has 0 spiro atoms. The topological polar surface area (TPSA) is 358 Å². The predicted octanol–water partition coefficient (Wildman–Crippen LogP) is -3.26. The van der Waals surface area contributed by atoms with E-state index in [9.17, 15) is 48.2 Å². The SMILES string of the molecule is CO[C@@H]1[C@H](O)[C@@H](COP(C)(=O)O[C@H]2[C@@H](OC)[C@H](n3ccc(=O)[nH]c3=O)O[C@@H]2COP(=O)(O)O[C@H]2[C@@H](OC)[C@H](n3ccc(=O)[nH]c3=O)O[C@@H]2CO)O[C@H]1n1ccc(N)nc1=O. The number of ether oxygens (including phenoxy) is 6. The van der Waals surface area contributed by atoms with Gasteiger partial charge in [-0.3, -0.25) is 51.4 Å². The predicted molar refractivity (Wildman–Crippen MR) is 198 cm³/mol. The van der Waals surface area contributed by atoms with Crippen LogP contribution in [-0.4, -0.2) is 147 Å². The van der Waals surface area contributed by atoms with Crippen LogP contribution in [0.25, 0.3) is 0 Å². The van der Waals surface area contributed by atoms with Gasteiger partial charge in [-0.05, 0) is 6.07 Å². The third-order valence-electron chi connectivity index (χ3n) is 9.70. The Hall–Kier alpha value is -4.02. The molecule has 0 radical (unpaired) electrons. The molecule has 3 aliphatic heterocycles. The minimum Gasteiger partial charge on any atom is -0.394 e. The van der Waals surface area contributed by atoms with Crippen LogP contribution in [-0.2, 0) is 55.6 Å². The average Bonchev–Trinajstić information content (AvgIpc) is 3.82. The second-order valence-electron chi connectivity index (χ2n) is 13.5. The fourth-order valence-corrected chi connectivity index (χ4v) is 9.06. The van der Waals surface area contributed by atoms with E-state index in [0.717, 1.165) is 44.9 Å². The smallest absolute Gasteiger partial charge is 0.394 e. The summed E-state index contributed by atoms with van der Waals surface area (Å²) in [6.45, 7) is -1.23. The summed E-state index contributed by atoms with van der Waals surface area (Å²) in [6.07, 6.45) is -13.0. The van der Waals surface area contributed by atoms with E-state index >= 15 is 0 Å². The van der Waals surface area contributed by atoms with E-state index in [2.05, 4.69) is 9.97 Å². The molecular weight excluding hydrogens is 852 g/mol. The molecule has 0 amide bonds. The maximum absolute atomic E-state index is 14.0. The zero-order valence-electron chi connectivity index (χ0n) is 32.1. The minimum atomic E-state index is -5.23. The van der Waals surface area contributed by atoms with Crippen LogP contribution < -0.4 is 33.9 Å². The van der Waals surface area contributed by atoms with Gasteiger partial charge in [-0.25, -0.2) is 18.9 Å². The molecule has 29 heteroatoms. The van der Waals surface area contributed by atoms with Crippen molar-refractivity contribution in [1.82, 2.24) is 28.7 Å². The number of aromatic amines is 2. The van der Waals surface area contributed by atoms with Gasteiger partial charge in [0.2, 0.25) is 0 Å². The number of nitrogens with two attached hydrogens (primary N) is 1. The lowest BCUT2D eigenvalue weighted by molar-refractivity contribution is -0.0662. The summed E-state index contributed by atoms with van der Waals surface area (Å²) in [5, 5.41) is 21.0. The number of hydrogen-bond acceptors (Lipinski definition) is 21. The number of aliphatic hydroxyl groups excluding tert-OH is 2. The van der Waals surface area contributed by atoms with Gasteiger partial charge in [0.05, 0.1) is 19.8 Å². The van der Waals surface area contributed by atoms with Crippen LogP contribution in [0, 0.1) is 0 Å². The number of nitrogen functional groups attached to an aromatic ring is 1. The van der Waals surface area contributed by atoms with Gasteiger partial charge in [0.25, 0.3) is 11.1 Å². The van der Waals surface area contributed by atoms with Gasteiger partial charge >= 0.3 is 32.5 Å². The minimum absolute atomic E-state index is 0.0569. The van der Waals surface area contributed by atoms with Crippen LogP contribution in [0.5, 0.6) is 0 Å². The number of phosphoric acid groups is 1. The Morgan fingerprint density at radius 3 is 1.72 bits per heavy atom. The van der Waals surface area contributed by atoms with Crippen molar-refractivity contribution in [3.8, 4) is 0 Å². The van der Waals surface area contributed by atoms with Crippen molar-refractivity contribution in [3.05, 3.63) is 89.0 Å². The van der Waals surface area contributed by atoms with E-state index in [1.165, 1.54) is 33.6 Å². The molecule has 27 nitrogen and oxygen atoms in total. The number of hydrogen-bond donors (Lipinski definition) is 6. The second-order valence-corrected chi connectivity index (χ2v) is 16.9. The van der Waals surface area contributed by atoms with Crippen molar-refractivity contribution in [2.45, 2.75) is 73.6 Å². The number of aliphatic hydroxyl groups is 2. The molecule has 3 aliphatic rings. The lowest BCUT2D eigenvalue weighted by Gasteiger charge is -2.28. The van der Waals surface area contributed by atoms with Crippen molar-refractivity contribution in [1.29, 1.82) is 0 Å². The maximum atomic E-state index is 14.0. The highest BCUT2D eigenvalue weighted by molar-refractivity contribution is 7.53. The van der Waals surface area contributed by atoms with Crippen molar-refractivity contribution in [3.63, 3.8) is 0 Å². The molecule has 3 fully saturated rings. The molecule has 0 bridgehead atoms. The summed E-state index contributed by atoms with van der Waals surface area (Å²) in [7, 11) is -5.91. The fourth-order valence-electron chi connectivity index (χ4n) is 6.92. The molecule has 0 aromatic carbocycles. The molecule has 14 atom stereocenters. The van der Waals surface area contributed by atoms with Crippen LogP contribution >= 0.6 is 15.4 Å². The van der Waals surface area contributed by atoms with Crippen LogP contribution in [0.3, 0.4) is 0 Å². The summed E-state index contributed by atoms with van der Waals surface area (Å²) in [5.74, 6) is -0.0569. The third kappa shape index (κ3) is 9.70. The van der Waals surface area contributed by atoms with E-state index in [1.54, 1.807) is 0 Å². The molecule has 60 heavy (non-hydrogen) atoms. The molecule has 0 saturated carbocycles.